The monoisotopic (exact) mass is 367 g/mol. The maximum atomic E-state index is 12.7. The molecule has 2 N–H and O–H groups in total. The van der Waals surface area contributed by atoms with E-state index in [0.717, 1.165) is 12.1 Å². The molecule has 2 aromatic rings. The number of carbonyl (C=O) groups is 2. The van der Waals surface area contributed by atoms with Gasteiger partial charge in [0.15, 0.2) is 0 Å². The highest BCUT2D eigenvalue weighted by Crippen LogP contribution is 2.33. The van der Waals surface area contributed by atoms with E-state index >= 15 is 0 Å². The van der Waals surface area contributed by atoms with Gasteiger partial charge in [-0.25, -0.2) is 9.59 Å². The van der Waals surface area contributed by atoms with Crippen LogP contribution in [0.4, 0.5) is 26.7 Å². The lowest BCUT2D eigenvalue weighted by Crippen LogP contribution is -2.33. The predicted octanol–water partition coefficient (Wildman–Crippen LogP) is 4.76. The smallest absolute Gasteiger partial charge is 0.411 e. The molecule has 6 nitrogen and oxygen atoms in total. The van der Waals surface area contributed by atoms with Gasteiger partial charge < -0.3 is 10.1 Å². The largest absolute Gasteiger partial charge is 0.453 e. The molecule has 0 aromatic heterocycles. The van der Waals surface area contributed by atoms with Crippen molar-refractivity contribution in [3.63, 3.8) is 0 Å². The molecule has 6 heteroatoms. The number of methoxy groups -OCH3 is 1. The van der Waals surface area contributed by atoms with Crippen LogP contribution in [0.15, 0.2) is 42.5 Å². The summed E-state index contributed by atoms with van der Waals surface area (Å²) < 4.78 is 4.55. The van der Waals surface area contributed by atoms with Gasteiger partial charge in [-0.1, -0.05) is 32.9 Å². The number of ether oxygens (including phenoxy) is 1. The van der Waals surface area contributed by atoms with Gasteiger partial charge in [0.1, 0.15) is 0 Å². The van der Waals surface area contributed by atoms with Crippen LogP contribution >= 0.6 is 0 Å². The van der Waals surface area contributed by atoms with Crippen molar-refractivity contribution in [1.29, 1.82) is 0 Å². The highest BCUT2D eigenvalue weighted by atomic mass is 16.5. The lowest BCUT2D eigenvalue weighted by atomic mass is 9.86. The first-order chi connectivity index (χ1) is 12.8. The Morgan fingerprint density at radius 1 is 1.00 bits per heavy atom. The number of nitrogens with one attached hydrogen (secondary N) is 2. The summed E-state index contributed by atoms with van der Waals surface area (Å²) in [6.45, 7) is 7.23. The number of rotatable bonds is 2. The molecule has 3 rings (SSSR count). The molecular weight excluding hydrogens is 342 g/mol. The molecule has 1 aliphatic heterocycles. The minimum Gasteiger partial charge on any atom is -0.453 e. The maximum Gasteiger partial charge on any atom is 0.411 e. The topological polar surface area (TPSA) is 70.7 Å². The normalized spacial score (nSPS) is 13.1. The summed E-state index contributed by atoms with van der Waals surface area (Å²) >= 11 is 0. The fourth-order valence-corrected chi connectivity index (χ4v) is 3.08. The number of anilines is 3. The molecule has 27 heavy (non-hydrogen) atoms. The zero-order valence-electron chi connectivity index (χ0n) is 16.1. The van der Waals surface area contributed by atoms with E-state index in [1.807, 2.05) is 6.07 Å². The summed E-state index contributed by atoms with van der Waals surface area (Å²) in [4.78, 5) is 25.7. The van der Waals surface area contributed by atoms with Crippen molar-refractivity contribution in [2.24, 2.45) is 0 Å². The standard InChI is InChI=1S/C21H25N3O3/c1-21(2,3)15-5-10-18-14(13-15)11-12-24(18)19(25)22-16-6-8-17(9-7-16)23-20(26)27-4/h5-10,13H,11-12H2,1-4H3,(H,22,25)(H,23,26). The van der Waals surface area contributed by atoms with E-state index in [9.17, 15) is 9.59 Å². The van der Waals surface area contributed by atoms with Gasteiger partial charge in [-0.2, -0.15) is 0 Å². The minimum atomic E-state index is -0.532. The third kappa shape index (κ3) is 4.22. The fourth-order valence-electron chi connectivity index (χ4n) is 3.08. The van der Waals surface area contributed by atoms with Crippen molar-refractivity contribution in [3.8, 4) is 0 Å². The van der Waals surface area contributed by atoms with E-state index in [1.165, 1.54) is 18.2 Å². The highest BCUT2D eigenvalue weighted by molar-refractivity contribution is 6.03. The Morgan fingerprint density at radius 2 is 1.63 bits per heavy atom. The van der Waals surface area contributed by atoms with Gasteiger partial charge in [-0.05, 0) is 53.3 Å². The third-order valence-electron chi connectivity index (χ3n) is 4.65. The number of amides is 3. The number of nitrogens with zero attached hydrogens (tertiary/aromatic N) is 1. The van der Waals surface area contributed by atoms with Crippen LogP contribution in [0, 0.1) is 0 Å². The first-order valence-corrected chi connectivity index (χ1v) is 8.95. The van der Waals surface area contributed by atoms with Crippen LogP contribution in [0.1, 0.15) is 31.9 Å². The Labute approximate surface area is 159 Å². The van der Waals surface area contributed by atoms with Crippen molar-refractivity contribution >= 4 is 29.2 Å². The summed E-state index contributed by atoms with van der Waals surface area (Å²) in [6.07, 6.45) is 0.323. The van der Waals surface area contributed by atoms with E-state index in [0.29, 0.717) is 17.9 Å². The molecule has 0 spiro atoms. The minimum absolute atomic E-state index is 0.0880. The second-order valence-corrected chi connectivity index (χ2v) is 7.62. The summed E-state index contributed by atoms with van der Waals surface area (Å²) in [6, 6.07) is 13.1. The highest BCUT2D eigenvalue weighted by Gasteiger charge is 2.26. The van der Waals surface area contributed by atoms with E-state index in [2.05, 4.69) is 48.3 Å². The number of benzene rings is 2. The number of urea groups is 1. The molecule has 1 heterocycles. The number of carbonyl (C=O) groups excluding carboxylic acids is 2. The van der Waals surface area contributed by atoms with Gasteiger partial charge in [0.2, 0.25) is 0 Å². The van der Waals surface area contributed by atoms with Gasteiger partial charge in [-0.3, -0.25) is 10.2 Å². The van der Waals surface area contributed by atoms with Gasteiger partial charge >= 0.3 is 12.1 Å². The molecule has 0 aliphatic carbocycles. The molecule has 2 aromatic carbocycles. The van der Waals surface area contributed by atoms with Crippen LogP contribution in [0.5, 0.6) is 0 Å². The molecule has 0 bridgehead atoms. The fraction of sp³-hybridized carbons (Fsp3) is 0.333. The SMILES string of the molecule is COC(=O)Nc1ccc(NC(=O)N2CCc3cc(C(C)(C)C)ccc32)cc1. The van der Waals surface area contributed by atoms with Crippen LogP contribution < -0.4 is 15.5 Å². The van der Waals surface area contributed by atoms with Gasteiger partial charge in [0.05, 0.1) is 7.11 Å². The van der Waals surface area contributed by atoms with E-state index in [1.54, 1.807) is 29.2 Å². The molecular formula is C21H25N3O3. The molecule has 0 saturated carbocycles. The summed E-state index contributed by atoms with van der Waals surface area (Å²) in [7, 11) is 1.31. The summed E-state index contributed by atoms with van der Waals surface area (Å²) in [5.41, 5.74) is 4.79. The third-order valence-corrected chi connectivity index (χ3v) is 4.65. The Kier molecular flexibility index (Phi) is 5.08. The van der Waals surface area contributed by atoms with Gasteiger partial charge in [0.25, 0.3) is 0 Å². The lowest BCUT2D eigenvalue weighted by molar-refractivity contribution is 0.187. The number of hydrogen-bond acceptors (Lipinski definition) is 3. The number of hydrogen-bond donors (Lipinski definition) is 2. The maximum absolute atomic E-state index is 12.7. The molecule has 142 valence electrons. The predicted molar refractivity (Wildman–Crippen MR) is 108 cm³/mol. The van der Waals surface area contributed by atoms with Gasteiger partial charge in [0, 0.05) is 23.6 Å². The molecule has 0 fully saturated rings. The van der Waals surface area contributed by atoms with Gasteiger partial charge in [-0.15, -0.1) is 0 Å². The van der Waals surface area contributed by atoms with E-state index < -0.39 is 6.09 Å². The van der Waals surface area contributed by atoms with Crippen molar-refractivity contribution in [3.05, 3.63) is 53.6 Å². The van der Waals surface area contributed by atoms with E-state index in [4.69, 9.17) is 0 Å². The molecule has 0 unspecified atom stereocenters. The average molecular weight is 367 g/mol. The second-order valence-electron chi connectivity index (χ2n) is 7.62. The lowest BCUT2D eigenvalue weighted by Gasteiger charge is -2.22. The van der Waals surface area contributed by atoms with Crippen LogP contribution in [-0.2, 0) is 16.6 Å². The first kappa shape index (κ1) is 18.8. The quantitative estimate of drug-likeness (QED) is 0.804. The van der Waals surface area contributed by atoms with E-state index in [-0.39, 0.29) is 11.4 Å². The van der Waals surface area contributed by atoms with Crippen LogP contribution in [0.3, 0.4) is 0 Å². The Morgan fingerprint density at radius 3 is 2.22 bits per heavy atom. The van der Waals surface area contributed by atoms with Crippen molar-refractivity contribution in [1.82, 2.24) is 0 Å². The summed E-state index contributed by atoms with van der Waals surface area (Å²) in [5, 5.41) is 5.48. The zero-order valence-corrected chi connectivity index (χ0v) is 16.1. The molecule has 0 saturated heterocycles. The average Bonchev–Trinajstić information content (AvgIpc) is 3.06. The van der Waals surface area contributed by atoms with Crippen LogP contribution in [-0.4, -0.2) is 25.8 Å². The second kappa shape index (κ2) is 7.31. The van der Waals surface area contributed by atoms with Crippen LogP contribution in [0.25, 0.3) is 0 Å². The number of fused-ring (bicyclic) bond motifs is 1. The molecule has 0 radical (unpaired) electrons. The Balaban J connectivity index is 1.69. The molecule has 0 atom stereocenters. The molecule has 1 aliphatic rings. The first-order valence-electron chi connectivity index (χ1n) is 8.95. The Hall–Kier alpha value is -3.02. The van der Waals surface area contributed by atoms with Crippen LogP contribution in [0.2, 0.25) is 0 Å². The molecule has 3 amide bonds. The Bertz CT molecular complexity index is 854. The summed E-state index contributed by atoms with van der Waals surface area (Å²) in [5.74, 6) is 0. The van der Waals surface area contributed by atoms with Crippen molar-refractivity contribution < 1.29 is 14.3 Å². The van der Waals surface area contributed by atoms with Crippen molar-refractivity contribution in [2.45, 2.75) is 32.6 Å². The zero-order chi connectivity index (χ0) is 19.6. The van der Waals surface area contributed by atoms with Crippen molar-refractivity contribution in [2.75, 3.05) is 29.2 Å².